The van der Waals surface area contributed by atoms with Crippen LogP contribution in [0.2, 0.25) is 0 Å². The van der Waals surface area contributed by atoms with Crippen LogP contribution < -0.4 is 14.8 Å². The molecule has 8 heteroatoms. The van der Waals surface area contributed by atoms with Gasteiger partial charge in [-0.3, -0.25) is 9.59 Å². The van der Waals surface area contributed by atoms with E-state index in [1.807, 2.05) is 30.0 Å². The lowest BCUT2D eigenvalue weighted by Gasteiger charge is -2.44. The van der Waals surface area contributed by atoms with Gasteiger partial charge < -0.3 is 24.6 Å². The fourth-order valence-corrected chi connectivity index (χ4v) is 5.75. The number of amides is 2. The summed E-state index contributed by atoms with van der Waals surface area (Å²) in [6.45, 7) is 4.41. The normalized spacial score (nSPS) is 23.2. The van der Waals surface area contributed by atoms with Gasteiger partial charge in [0, 0.05) is 31.8 Å². The van der Waals surface area contributed by atoms with Gasteiger partial charge in [0.05, 0.1) is 4.87 Å². The quantitative estimate of drug-likeness (QED) is 0.824. The largest absolute Gasteiger partial charge is 0.454 e. The second kappa shape index (κ2) is 7.83. The highest BCUT2D eigenvalue weighted by Gasteiger charge is 2.52. The van der Waals surface area contributed by atoms with E-state index in [1.54, 1.807) is 11.8 Å². The summed E-state index contributed by atoms with van der Waals surface area (Å²) < 4.78 is 10.7. The Morgan fingerprint density at radius 3 is 2.75 bits per heavy atom. The average molecular weight is 406 g/mol. The summed E-state index contributed by atoms with van der Waals surface area (Å²) in [6.07, 6.45) is 2.24. The van der Waals surface area contributed by atoms with E-state index in [9.17, 15) is 9.59 Å². The highest BCUT2D eigenvalue weighted by atomic mass is 32.2. The summed E-state index contributed by atoms with van der Waals surface area (Å²) in [5.74, 6) is 2.07. The molecule has 1 aromatic carbocycles. The maximum atomic E-state index is 13.0. The Kier molecular flexibility index (Phi) is 5.42. The van der Waals surface area contributed by atoms with Gasteiger partial charge in [-0.25, -0.2) is 0 Å². The van der Waals surface area contributed by atoms with Gasteiger partial charge in [0.2, 0.25) is 18.6 Å². The first-order valence-corrected chi connectivity index (χ1v) is 10.8. The van der Waals surface area contributed by atoms with Crippen LogP contribution >= 0.6 is 11.8 Å². The fourth-order valence-electron chi connectivity index (χ4n) is 4.14. The van der Waals surface area contributed by atoms with Crippen molar-refractivity contribution in [2.45, 2.75) is 43.6 Å². The summed E-state index contributed by atoms with van der Waals surface area (Å²) >= 11 is 1.77. The molecule has 1 N–H and O–H groups in total. The molecule has 3 aliphatic rings. The molecule has 2 fully saturated rings. The molecule has 1 atom stereocenters. The first-order chi connectivity index (χ1) is 13.5. The Labute approximate surface area is 169 Å². The monoisotopic (exact) mass is 405 g/mol. The number of ether oxygens (including phenoxy) is 2. The van der Waals surface area contributed by atoms with E-state index < -0.39 is 6.04 Å². The van der Waals surface area contributed by atoms with Crippen LogP contribution in [-0.2, 0) is 16.1 Å². The van der Waals surface area contributed by atoms with Crippen molar-refractivity contribution in [2.24, 2.45) is 0 Å². The molecule has 2 saturated heterocycles. The van der Waals surface area contributed by atoms with Gasteiger partial charge in [-0.1, -0.05) is 13.0 Å². The second-order valence-corrected chi connectivity index (χ2v) is 8.98. The van der Waals surface area contributed by atoms with Crippen molar-refractivity contribution >= 4 is 23.6 Å². The molecule has 0 saturated carbocycles. The van der Waals surface area contributed by atoms with E-state index in [0.29, 0.717) is 24.5 Å². The van der Waals surface area contributed by atoms with Crippen LogP contribution in [0, 0.1) is 0 Å². The zero-order valence-electron chi connectivity index (χ0n) is 16.4. The standard InChI is InChI=1S/C20H27N3O4S/c1-3-18(24)23-15(12-28-20(23)6-8-22(2)9-7-20)19(25)21-11-14-4-5-16-17(10-14)27-13-26-16/h4-5,10,15H,3,6-9,11-13H2,1-2H3,(H,21,25). The van der Waals surface area contributed by atoms with Gasteiger partial charge in [0.25, 0.3) is 0 Å². The van der Waals surface area contributed by atoms with Gasteiger partial charge >= 0.3 is 0 Å². The Bertz CT molecular complexity index is 764. The topological polar surface area (TPSA) is 71.1 Å². The maximum Gasteiger partial charge on any atom is 0.243 e. The molecule has 1 aromatic rings. The highest BCUT2D eigenvalue weighted by Crippen LogP contribution is 2.46. The summed E-state index contributed by atoms with van der Waals surface area (Å²) in [5.41, 5.74) is 0.950. The molecule has 3 heterocycles. The minimum Gasteiger partial charge on any atom is -0.454 e. The van der Waals surface area contributed by atoms with E-state index in [1.165, 1.54) is 0 Å². The molecular formula is C20H27N3O4S. The lowest BCUT2D eigenvalue weighted by Crippen LogP contribution is -2.57. The lowest BCUT2D eigenvalue weighted by atomic mass is 10.00. The third kappa shape index (κ3) is 3.55. The lowest BCUT2D eigenvalue weighted by molar-refractivity contribution is -0.143. The van der Waals surface area contributed by atoms with E-state index in [-0.39, 0.29) is 23.5 Å². The molecule has 0 bridgehead atoms. The van der Waals surface area contributed by atoms with Crippen molar-refractivity contribution in [2.75, 3.05) is 32.7 Å². The van der Waals surface area contributed by atoms with E-state index in [0.717, 1.165) is 37.2 Å². The van der Waals surface area contributed by atoms with Crippen LogP contribution in [0.4, 0.5) is 0 Å². The molecule has 152 valence electrons. The highest BCUT2D eigenvalue weighted by molar-refractivity contribution is 8.01. The fraction of sp³-hybridized carbons (Fsp3) is 0.600. The third-order valence-corrected chi connectivity index (χ3v) is 7.43. The predicted molar refractivity (Wildman–Crippen MR) is 107 cm³/mol. The first kappa shape index (κ1) is 19.4. The number of carbonyl (C=O) groups excluding carboxylic acids is 2. The van der Waals surface area contributed by atoms with E-state index in [4.69, 9.17) is 9.47 Å². The number of carbonyl (C=O) groups is 2. The number of likely N-dealkylation sites (tertiary alicyclic amines) is 1. The number of benzene rings is 1. The molecule has 0 aromatic heterocycles. The molecule has 1 unspecified atom stereocenters. The number of nitrogens with one attached hydrogen (secondary N) is 1. The molecular weight excluding hydrogens is 378 g/mol. The molecule has 3 aliphatic heterocycles. The molecule has 7 nitrogen and oxygen atoms in total. The van der Waals surface area contributed by atoms with E-state index >= 15 is 0 Å². The number of hydrogen-bond acceptors (Lipinski definition) is 6. The molecule has 0 radical (unpaired) electrons. The molecule has 0 aliphatic carbocycles. The van der Waals surface area contributed by atoms with Crippen molar-refractivity contribution in [3.05, 3.63) is 23.8 Å². The van der Waals surface area contributed by atoms with Crippen LogP contribution in [0.25, 0.3) is 0 Å². The van der Waals surface area contributed by atoms with Crippen LogP contribution in [0.5, 0.6) is 11.5 Å². The smallest absolute Gasteiger partial charge is 0.243 e. The van der Waals surface area contributed by atoms with Crippen LogP contribution in [0.1, 0.15) is 31.7 Å². The summed E-state index contributed by atoms with van der Waals surface area (Å²) in [6, 6.07) is 5.26. The molecule has 28 heavy (non-hydrogen) atoms. The van der Waals surface area contributed by atoms with Crippen LogP contribution in [0.3, 0.4) is 0 Å². The van der Waals surface area contributed by atoms with Gasteiger partial charge in [0.15, 0.2) is 11.5 Å². The predicted octanol–water partition coefficient (Wildman–Crippen LogP) is 1.81. The van der Waals surface area contributed by atoms with Crippen molar-refractivity contribution in [3.8, 4) is 11.5 Å². The number of rotatable bonds is 4. The van der Waals surface area contributed by atoms with E-state index in [2.05, 4.69) is 17.3 Å². The molecule has 2 amide bonds. The summed E-state index contributed by atoms with van der Waals surface area (Å²) in [4.78, 5) is 29.7. The number of nitrogens with zero attached hydrogens (tertiary/aromatic N) is 2. The van der Waals surface area contributed by atoms with Gasteiger partial charge in [-0.15, -0.1) is 11.8 Å². The van der Waals surface area contributed by atoms with Crippen molar-refractivity contribution in [3.63, 3.8) is 0 Å². The number of hydrogen-bond donors (Lipinski definition) is 1. The first-order valence-electron chi connectivity index (χ1n) is 9.83. The third-order valence-electron chi connectivity index (χ3n) is 5.81. The van der Waals surface area contributed by atoms with Crippen molar-refractivity contribution in [1.82, 2.24) is 15.1 Å². The van der Waals surface area contributed by atoms with Gasteiger partial charge in [0.1, 0.15) is 6.04 Å². The second-order valence-electron chi connectivity index (χ2n) is 7.60. The van der Waals surface area contributed by atoms with Gasteiger partial charge in [-0.05, 0) is 37.6 Å². The number of thioether (sulfide) groups is 1. The van der Waals surface area contributed by atoms with Crippen molar-refractivity contribution in [1.29, 1.82) is 0 Å². The van der Waals surface area contributed by atoms with Crippen molar-refractivity contribution < 1.29 is 19.1 Å². The minimum atomic E-state index is -0.408. The Morgan fingerprint density at radius 2 is 2.00 bits per heavy atom. The zero-order valence-corrected chi connectivity index (χ0v) is 17.2. The van der Waals surface area contributed by atoms with Gasteiger partial charge in [-0.2, -0.15) is 0 Å². The SMILES string of the molecule is CCC(=O)N1C(C(=O)NCc2ccc3c(c2)OCO3)CSC12CCN(C)CC2. The molecule has 1 spiro atoms. The minimum absolute atomic E-state index is 0.0674. The Balaban J connectivity index is 1.44. The van der Waals surface area contributed by atoms with Crippen LogP contribution in [-0.4, -0.2) is 65.2 Å². The average Bonchev–Trinajstić information content (AvgIpc) is 3.32. The van der Waals surface area contributed by atoms with Crippen LogP contribution in [0.15, 0.2) is 18.2 Å². The number of fused-ring (bicyclic) bond motifs is 1. The maximum absolute atomic E-state index is 13.0. The summed E-state index contributed by atoms with van der Waals surface area (Å²) in [5, 5.41) is 3.02. The Hall–Kier alpha value is -1.93. The zero-order chi connectivity index (χ0) is 19.7. The molecule has 4 rings (SSSR count). The summed E-state index contributed by atoms with van der Waals surface area (Å²) in [7, 11) is 2.11. The number of piperidine rings is 1. The Morgan fingerprint density at radius 1 is 1.25 bits per heavy atom.